The van der Waals surface area contributed by atoms with Crippen LogP contribution in [0.2, 0.25) is 0 Å². The van der Waals surface area contributed by atoms with Crippen LogP contribution >= 0.6 is 23.2 Å². The SMILES string of the molecule is COc1c2c(cc3ccc(=O)oc13)[C@H](Cl)[C@H](Cl)O2. The molecule has 0 saturated heterocycles. The van der Waals surface area contributed by atoms with Gasteiger partial charge in [-0.05, 0) is 12.1 Å². The van der Waals surface area contributed by atoms with Crippen LogP contribution in [0.25, 0.3) is 11.0 Å². The molecule has 0 unspecified atom stereocenters. The fraction of sp³-hybridized carbons (Fsp3) is 0.250. The van der Waals surface area contributed by atoms with E-state index in [1.807, 2.05) is 0 Å². The van der Waals surface area contributed by atoms with E-state index in [9.17, 15) is 4.79 Å². The molecule has 1 aliphatic heterocycles. The number of ether oxygens (including phenoxy) is 2. The first-order valence-electron chi connectivity index (χ1n) is 5.21. The molecule has 18 heavy (non-hydrogen) atoms. The van der Waals surface area contributed by atoms with Crippen molar-refractivity contribution in [3.63, 3.8) is 0 Å². The molecule has 1 aromatic carbocycles. The Balaban J connectivity index is 2.39. The topological polar surface area (TPSA) is 48.7 Å². The molecule has 94 valence electrons. The molecule has 0 bridgehead atoms. The van der Waals surface area contributed by atoms with Gasteiger partial charge in [-0.25, -0.2) is 4.79 Å². The standard InChI is InChI=1S/C12H8Cl2O4/c1-16-11-9-5(2-3-7(15)17-9)4-6-8(13)12(14)18-10(6)11/h2-4,8,12H,1H3/t8-,12+/m0/s1. The van der Waals surface area contributed by atoms with Crippen LogP contribution in [0.4, 0.5) is 0 Å². The maximum absolute atomic E-state index is 11.3. The van der Waals surface area contributed by atoms with Crippen LogP contribution in [0, 0.1) is 0 Å². The summed E-state index contributed by atoms with van der Waals surface area (Å²) in [6, 6.07) is 4.77. The number of rotatable bonds is 1. The maximum atomic E-state index is 11.3. The van der Waals surface area contributed by atoms with Gasteiger partial charge in [0.05, 0.1) is 7.11 Å². The Bertz CT molecular complexity index is 680. The van der Waals surface area contributed by atoms with Crippen LogP contribution in [-0.4, -0.2) is 12.7 Å². The molecule has 6 heteroatoms. The highest BCUT2D eigenvalue weighted by Gasteiger charge is 2.35. The normalized spacial score (nSPS) is 21.7. The van der Waals surface area contributed by atoms with Gasteiger partial charge in [0.2, 0.25) is 5.75 Å². The molecule has 0 amide bonds. The summed E-state index contributed by atoms with van der Waals surface area (Å²) in [7, 11) is 1.47. The monoisotopic (exact) mass is 286 g/mol. The van der Waals surface area contributed by atoms with E-state index in [2.05, 4.69) is 0 Å². The Morgan fingerprint density at radius 1 is 1.33 bits per heavy atom. The van der Waals surface area contributed by atoms with Gasteiger partial charge in [-0.3, -0.25) is 0 Å². The van der Waals surface area contributed by atoms with Crippen molar-refractivity contribution in [1.29, 1.82) is 0 Å². The molecule has 2 atom stereocenters. The van der Waals surface area contributed by atoms with Crippen LogP contribution in [0.5, 0.6) is 11.5 Å². The fourth-order valence-electron chi connectivity index (χ4n) is 2.01. The number of alkyl halides is 2. The zero-order chi connectivity index (χ0) is 12.9. The van der Waals surface area contributed by atoms with Gasteiger partial charge in [-0.2, -0.15) is 0 Å². The summed E-state index contributed by atoms with van der Waals surface area (Å²) in [6.45, 7) is 0. The first-order valence-corrected chi connectivity index (χ1v) is 6.08. The Kier molecular flexibility index (Phi) is 2.64. The predicted molar refractivity (Wildman–Crippen MR) is 67.9 cm³/mol. The lowest BCUT2D eigenvalue weighted by Crippen LogP contribution is -2.05. The first kappa shape index (κ1) is 11.7. The second kappa shape index (κ2) is 4.07. The Hall–Kier alpha value is -1.39. The van der Waals surface area contributed by atoms with E-state index >= 15 is 0 Å². The minimum atomic E-state index is -0.667. The van der Waals surface area contributed by atoms with Gasteiger partial charge in [0.1, 0.15) is 5.38 Å². The molecule has 2 aromatic rings. The maximum Gasteiger partial charge on any atom is 0.336 e. The summed E-state index contributed by atoms with van der Waals surface area (Å²) in [5, 5.41) is 0.247. The quantitative estimate of drug-likeness (QED) is 0.597. The van der Waals surface area contributed by atoms with Gasteiger partial charge in [-0.15, -0.1) is 11.6 Å². The van der Waals surface area contributed by atoms with Crippen molar-refractivity contribution in [3.05, 3.63) is 34.2 Å². The Labute approximate surface area is 112 Å². The summed E-state index contributed by atoms with van der Waals surface area (Å²) in [5.41, 5.74) is -0.0593. The van der Waals surface area contributed by atoms with Crippen LogP contribution in [0.1, 0.15) is 10.9 Å². The molecule has 2 heterocycles. The minimum Gasteiger partial charge on any atom is -0.490 e. The lowest BCUT2D eigenvalue weighted by molar-refractivity contribution is 0.292. The number of benzene rings is 1. The highest BCUT2D eigenvalue weighted by Crippen LogP contribution is 2.50. The van der Waals surface area contributed by atoms with E-state index in [4.69, 9.17) is 37.1 Å². The van der Waals surface area contributed by atoms with Crippen LogP contribution in [0.15, 0.2) is 27.4 Å². The zero-order valence-electron chi connectivity index (χ0n) is 9.28. The van der Waals surface area contributed by atoms with Gasteiger partial charge < -0.3 is 13.9 Å². The van der Waals surface area contributed by atoms with Gasteiger partial charge in [-0.1, -0.05) is 11.6 Å². The van der Waals surface area contributed by atoms with Gasteiger partial charge in [0.15, 0.2) is 16.9 Å². The smallest absolute Gasteiger partial charge is 0.336 e. The summed E-state index contributed by atoms with van der Waals surface area (Å²) in [4.78, 5) is 11.3. The van der Waals surface area contributed by atoms with Gasteiger partial charge in [0, 0.05) is 17.0 Å². The Morgan fingerprint density at radius 3 is 2.83 bits per heavy atom. The summed E-state index contributed by atoms with van der Waals surface area (Å²) >= 11 is 12.1. The number of halogens is 2. The third-order valence-electron chi connectivity index (χ3n) is 2.81. The van der Waals surface area contributed by atoms with E-state index in [1.165, 1.54) is 13.2 Å². The van der Waals surface area contributed by atoms with Crippen LogP contribution in [0.3, 0.4) is 0 Å². The van der Waals surface area contributed by atoms with Crippen molar-refractivity contribution in [2.75, 3.05) is 7.11 Å². The van der Waals surface area contributed by atoms with E-state index in [1.54, 1.807) is 12.1 Å². The number of methoxy groups -OCH3 is 1. The van der Waals surface area contributed by atoms with Gasteiger partial charge in [0.25, 0.3) is 0 Å². The summed E-state index contributed by atoms with van der Waals surface area (Å²) in [6.07, 6.45) is 0. The van der Waals surface area contributed by atoms with E-state index in [0.29, 0.717) is 22.5 Å². The molecular weight excluding hydrogens is 279 g/mol. The Morgan fingerprint density at radius 2 is 2.11 bits per heavy atom. The molecule has 1 aliphatic rings. The molecule has 0 N–H and O–H groups in total. The second-order valence-electron chi connectivity index (χ2n) is 3.87. The molecule has 3 rings (SSSR count). The third kappa shape index (κ3) is 1.56. The van der Waals surface area contributed by atoms with Crippen LogP contribution in [-0.2, 0) is 0 Å². The van der Waals surface area contributed by atoms with Gasteiger partial charge >= 0.3 is 5.63 Å². The number of hydrogen-bond acceptors (Lipinski definition) is 4. The van der Waals surface area contributed by atoms with Crippen molar-refractivity contribution in [3.8, 4) is 11.5 Å². The average molecular weight is 287 g/mol. The lowest BCUT2D eigenvalue weighted by atomic mass is 10.1. The van der Waals surface area contributed by atoms with E-state index in [0.717, 1.165) is 5.56 Å². The lowest BCUT2D eigenvalue weighted by Gasteiger charge is -2.09. The van der Waals surface area contributed by atoms with Crippen molar-refractivity contribution >= 4 is 34.2 Å². The highest BCUT2D eigenvalue weighted by molar-refractivity contribution is 6.30. The van der Waals surface area contributed by atoms with Crippen molar-refractivity contribution in [2.45, 2.75) is 10.9 Å². The first-order chi connectivity index (χ1) is 8.61. The minimum absolute atomic E-state index is 0.332. The largest absolute Gasteiger partial charge is 0.490 e. The molecule has 1 aromatic heterocycles. The van der Waals surface area contributed by atoms with Crippen molar-refractivity contribution < 1.29 is 13.9 Å². The van der Waals surface area contributed by atoms with Crippen molar-refractivity contribution in [1.82, 2.24) is 0 Å². The predicted octanol–water partition coefficient (Wildman–Crippen LogP) is 3.04. The van der Waals surface area contributed by atoms with E-state index < -0.39 is 16.6 Å². The summed E-state index contributed by atoms with van der Waals surface area (Å²) in [5.74, 6) is 0.772. The van der Waals surface area contributed by atoms with E-state index in [-0.39, 0.29) is 0 Å². The second-order valence-corrected chi connectivity index (χ2v) is 4.77. The molecule has 0 saturated carbocycles. The molecule has 0 spiro atoms. The number of hydrogen-bond donors (Lipinski definition) is 0. The van der Waals surface area contributed by atoms with Crippen molar-refractivity contribution in [2.24, 2.45) is 0 Å². The average Bonchev–Trinajstić information content (AvgIpc) is 2.63. The highest BCUT2D eigenvalue weighted by atomic mass is 35.5. The fourth-order valence-corrected chi connectivity index (χ4v) is 2.45. The molecule has 0 fully saturated rings. The molecule has 0 aliphatic carbocycles. The zero-order valence-corrected chi connectivity index (χ0v) is 10.8. The summed E-state index contributed by atoms with van der Waals surface area (Å²) < 4.78 is 15.8. The number of fused-ring (bicyclic) bond motifs is 2. The molecular formula is C12H8Cl2O4. The molecule has 0 radical (unpaired) electrons. The third-order valence-corrected chi connectivity index (χ3v) is 3.75. The van der Waals surface area contributed by atoms with Crippen LogP contribution < -0.4 is 15.1 Å². The molecule has 4 nitrogen and oxygen atoms in total.